The molecule has 0 radical (unpaired) electrons. The van der Waals surface area contributed by atoms with E-state index in [4.69, 9.17) is 4.84 Å². The third kappa shape index (κ3) is 5.54. The average molecular weight is 219 g/mol. The van der Waals surface area contributed by atoms with Gasteiger partial charge in [0.2, 0.25) is 0 Å². The fraction of sp³-hybridized carbons (Fsp3) is 0.500. The van der Waals surface area contributed by atoms with Gasteiger partial charge in [0.15, 0.2) is 0 Å². The molecule has 1 rings (SSSR count). The van der Waals surface area contributed by atoms with Crippen LogP contribution in [-0.2, 0) is 4.84 Å². The van der Waals surface area contributed by atoms with E-state index >= 15 is 0 Å². The lowest BCUT2D eigenvalue weighted by molar-refractivity contribution is 0.141. The first kappa shape index (κ1) is 12.8. The monoisotopic (exact) mass is 219 g/mol. The maximum absolute atomic E-state index is 5.18. The first-order valence-corrected chi connectivity index (χ1v) is 6.05. The van der Waals surface area contributed by atoms with Crippen LogP contribution in [0.2, 0.25) is 0 Å². The molecule has 0 aliphatic carbocycles. The molecule has 0 saturated carbocycles. The number of hydrogen-bond acceptors (Lipinski definition) is 2. The van der Waals surface area contributed by atoms with Crippen LogP contribution in [0.3, 0.4) is 0 Å². The third-order valence-corrected chi connectivity index (χ3v) is 2.44. The minimum Gasteiger partial charge on any atom is -0.396 e. The van der Waals surface area contributed by atoms with Gasteiger partial charge in [-0.2, -0.15) is 0 Å². The van der Waals surface area contributed by atoms with Gasteiger partial charge in [0, 0.05) is 0 Å². The standard InChI is InChI=1S/C14H21NO/c1-3-4-5-6-11-16-15-12-14-9-7-13(2)8-10-14/h7-10,12H,3-6,11H2,1-2H3. The lowest BCUT2D eigenvalue weighted by atomic mass is 10.2. The van der Waals surface area contributed by atoms with E-state index in [2.05, 4.69) is 31.1 Å². The molecule has 0 saturated heterocycles. The second-order valence-corrected chi connectivity index (χ2v) is 4.04. The number of rotatable bonds is 7. The van der Waals surface area contributed by atoms with Gasteiger partial charge in [0.05, 0.1) is 6.21 Å². The van der Waals surface area contributed by atoms with Gasteiger partial charge in [-0.25, -0.2) is 0 Å². The molecule has 0 fully saturated rings. The van der Waals surface area contributed by atoms with E-state index in [-0.39, 0.29) is 0 Å². The van der Waals surface area contributed by atoms with Gasteiger partial charge in [-0.1, -0.05) is 54.8 Å². The largest absolute Gasteiger partial charge is 0.396 e. The van der Waals surface area contributed by atoms with Crippen molar-refractivity contribution in [3.8, 4) is 0 Å². The molecule has 1 aromatic rings. The summed E-state index contributed by atoms with van der Waals surface area (Å²) in [4.78, 5) is 5.18. The van der Waals surface area contributed by atoms with Crippen LogP contribution in [0.1, 0.15) is 43.7 Å². The number of benzene rings is 1. The zero-order valence-corrected chi connectivity index (χ0v) is 10.3. The molecule has 0 amide bonds. The molecule has 0 bridgehead atoms. The Morgan fingerprint density at radius 1 is 1.12 bits per heavy atom. The maximum Gasteiger partial charge on any atom is 0.117 e. The molecule has 0 spiro atoms. The van der Waals surface area contributed by atoms with Gasteiger partial charge in [-0.3, -0.25) is 0 Å². The summed E-state index contributed by atoms with van der Waals surface area (Å²) in [6, 6.07) is 8.23. The van der Waals surface area contributed by atoms with E-state index in [1.165, 1.54) is 24.8 Å². The van der Waals surface area contributed by atoms with Crippen molar-refractivity contribution in [3.63, 3.8) is 0 Å². The topological polar surface area (TPSA) is 21.6 Å². The highest BCUT2D eigenvalue weighted by molar-refractivity contribution is 5.79. The molecule has 0 unspecified atom stereocenters. The SMILES string of the molecule is CCCCCCON=Cc1ccc(C)cc1. The smallest absolute Gasteiger partial charge is 0.117 e. The summed E-state index contributed by atoms with van der Waals surface area (Å²) in [7, 11) is 0. The highest BCUT2D eigenvalue weighted by Crippen LogP contribution is 2.01. The summed E-state index contributed by atoms with van der Waals surface area (Å²) in [5.74, 6) is 0. The highest BCUT2D eigenvalue weighted by Gasteiger charge is 1.89. The second kappa shape index (κ2) is 7.91. The van der Waals surface area contributed by atoms with Crippen LogP contribution in [-0.4, -0.2) is 12.8 Å². The van der Waals surface area contributed by atoms with Crippen LogP contribution in [0.15, 0.2) is 29.4 Å². The fourth-order valence-electron chi connectivity index (χ4n) is 1.40. The maximum atomic E-state index is 5.18. The van der Waals surface area contributed by atoms with Gasteiger partial charge >= 0.3 is 0 Å². The Bertz CT molecular complexity index is 303. The summed E-state index contributed by atoms with van der Waals surface area (Å²) in [6.45, 7) is 5.00. The molecule has 0 aliphatic heterocycles. The van der Waals surface area contributed by atoms with E-state index in [1.54, 1.807) is 6.21 Å². The molecule has 0 N–H and O–H groups in total. The molecule has 2 heteroatoms. The summed E-state index contributed by atoms with van der Waals surface area (Å²) in [5.41, 5.74) is 2.34. The van der Waals surface area contributed by atoms with Crippen LogP contribution in [0.25, 0.3) is 0 Å². The molecule has 0 aliphatic rings. The Morgan fingerprint density at radius 2 is 1.88 bits per heavy atom. The Balaban J connectivity index is 2.14. The van der Waals surface area contributed by atoms with Crippen LogP contribution in [0, 0.1) is 6.92 Å². The molecule has 0 atom stereocenters. The van der Waals surface area contributed by atoms with Gasteiger partial charge in [-0.15, -0.1) is 0 Å². The quantitative estimate of drug-likeness (QED) is 0.387. The Hall–Kier alpha value is -1.31. The van der Waals surface area contributed by atoms with Crippen molar-refractivity contribution in [1.29, 1.82) is 0 Å². The van der Waals surface area contributed by atoms with E-state index in [1.807, 2.05) is 12.1 Å². The van der Waals surface area contributed by atoms with Crippen LogP contribution < -0.4 is 0 Å². The first-order valence-electron chi connectivity index (χ1n) is 6.05. The fourth-order valence-corrected chi connectivity index (χ4v) is 1.40. The highest BCUT2D eigenvalue weighted by atomic mass is 16.6. The zero-order valence-electron chi connectivity index (χ0n) is 10.3. The van der Waals surface area contributed by atoms with Gasteiger partial charge in [-0.05, 0) is 25.3 Å². The van der Waals surface area contributed by atoms with E-state index in [0.717, 1.165) is 18.6 Å². The molecule has 16 heavy (non-hydrogen) atoms. The third-order valence-electron chi connectivity index (χ3n) is 2.44. The summed E-state index contributed by atoms with van der Waals surface area (Å²) in [5, 5.41) is 3.94. The average Bonchev–Trinajstić information content (AvgIpc) is 2.30. The van der Waals surface area contributed by atoms with Crippen molar-refractivity contribution in [2.24, 2.45) is 5.16 Å². The van der Waals surface area contributed by atoms with Crippen molar-refractivity contribution < 1.29 is 4.84 Å². The Labute approximate surface area is 98.3 Å². The minimum absolute atomic E-state index is 0.725. The predicted octanol–water partition coefficient (Wildman–Crippen LogP) is 3.93. The number of unbranched alkanes of at least 4 members (excludes halogenated alkanes) is 3. The zero-order chi connectivity index (χ0) is 11.6. The molecule has 0 heterocycles. The Kier molecular flexibility index (Phi) is 6.31. The second-order valence-electron chi connectivity index (χ2n) is 4.04. The number of nitrogens with zero attached hydrogens (tertiary/aromatic N) is 1. The lowest BCUT2D eigenvalue weighted by Gasteiger charge is -1.98. The van der Waals surface area contributed by atoms with Gasteiger partial charge in [0.25, 0.3) is 0 Å². The molecule has 88 valence electrons. The molecular formula is C14H21NO. The molecule has 2 nitrogen and oxygen atoms in total. The van der Waals surface area contributed by atoms with Crippen LogP contribution >= 0.6 is 0 Å². The van der Waals surface area contributed by atoms with E-state index < -0.39 is 0 Å². The molecular weight excluding hydrogens is 198 g/mol. The lowest BCUT2D eigenvalue weighted by Crippen LogP contribution is -1.89. The van der Waals surface area contributed by atoms with E-state index in [9.17, 15) is 0 Å². The molecule has 1 aromatic carbocycles. The summed E-state index contributed by atoms with van der Waals surface area (Å²) < 4.78 is 0. The van der Waals surface area contributed by atoms with Crippen molar-refractivity contribution in [2.75, 3.05) is 6.61 Å². The van der Waals surface area contributed by atoms with Crippen molar-refractivity contribution >= 4 is 6.21 Å². The van der Waals surface area contributed by atoms with Crippen molar-refractivity contribution in [3.05, 3.63) is 35.4 Å². The van der Waals surface area contributed by atoms with Gasteiger partial charge in [0.1, 0.15) is 6.61 Å². The molecule has 0 aromatic heterocycles. The van der Waals surface area contributed by atoms with E-state index in [0.29, 0.717) is 0 Å². The number of oxime groups is 1. The summed E-state index contributed by atoms with van der Waals surface area (Å²) >= 11 is 0. The van der Waals surface area contributed by atoms with Gasteiger partial charge < -0.3 is 4.84 Å². The number of hydrogen-bond donors (Lipinski definition) is 0. The predicted molar refractivity (Wildman–Crippen MR) is 68.9 cm³/mol. The Morgan fingerprint density at radius 3 is 2.56 bits per heavy atom. The normalized spacial score (nSPS) is 10.9. The first-order chi connectivity index (χ1) is 7.83. The minimum atomic E-state index is 0.725. The van der Waals surface area contributed by atoms with Crippen molar-refractivity contribution in [2.45, 2.75) is 39.5 Å². The van der Waals surface area contributed by atoms with Crippen LogP contribution in [0.4, 0.5) is 0 Å². The van der Waals surface area contributed by atoms with Crippen molar-refractivity contribution in [1.82, 2.24) is 0 Å². The summed E-state index contributed by atoms with van der Waals surface area (Å²) in [6.07, 6.45) is 6.63. The number of aryl methyl sites for hydroxylation is 1. The van der Waals surface area contributed by atoms with Crippen LogP contribution in [0.5, 0.6) is 0 Å².